The van der Waals surface area contributed by atoms with Gasteiger partial charge in [-0.3, -0.25) is 9.69 Å². The molecule has 1 amide bonds. The second-order valence-electron chi connectivity index (χ2n) is 11.3. The van der Waals surface area contributed by atoms with E-state index in [0.29, 0.717) is 30.2 Å². The van der Waals surface area contributed by atoms with E-state index in [2.05, 4.69) is 29.7 Å². The highest BCUT2D eigenvalue weighted by Crippen LogP contribution is 2.42. The predicted molar refractivity (Wildman–Crippen MR) is 150 cm³/mol. The van der Waals surface area contributed by atoms with E-state index in [-0.39, 0.29) is 30.3 Å². The molecule has 3 aliphatic rings. The van der Waals surface area contributed by atoms with Gasteiger partial charge >= 0.3 is 0 Å². The van der Waals surface area contributed by atoms with Crippen LogP contribution in [0.15, 0.2) is 30.7 Å². The Balaban J connectivity index is 0.00000323. The van der Waals surface area contributed by atoms with Gasteiger partial charge in [-0.25, -0.2) is 23.7 Å². The largest absolute Gasteiger partial charge is 0.392 e. The number of imidazole rings is 1. The molecule has 1 atom stereocenters. The first-order chi connectivity index (χ1) is 18.7. The van der Waals surface area contributed by atoms with Crippen LogP contribution in [0, 0.1) is 11.6 Å². The highest BCUT2D eigenvalue weighted by Gasteiger charge is 2.43. The molecule has 3 aliphatic heterocycles. The molecule has 3 aromatic rings. The summed E-state index contributed by atoms with van der Waals surface area (Å²) in [7, 11) is 0. The Kier molecular flexibility index (Phi) is 7.82. The molecular weight excluding hydrogens is 540 g/mol. The van der Waals surface area contributed by atoms with Gasteiger partial charge in [0, 0.05) is 56.9 Å². The Labute approximate surface area is 238 Å². The van der Waals surface area contributed by atoms with Crippen molar-refractivity contribution in [3.8, 4) is 11.3 Å². The van der Waals surface area contributed by atoms with Crippen LogP contribution in [0.5, 0.6) is 0 Å². The molecule has 1 unspecified atom stereocenters. The number of aliphatic hydroxyl groups excluding tert-OH is 1. The fraction of sp³-hybridized carbons (Fsp3) is 0.500. The summed E-state index contributed by atoms with van der Waals surface area (Å²) in [5.41, 5.74) is 1.29. The van der Waals surface area contributed by atoms with E-state index in [0.717, 1.165) is 68.7 Å². The van der Waals surface area contributed by atoms with Crippen molar-refractivity contribution >= 4 is 29.9 Å². The first-order valence-corrected chi connectivity index (χ1v) is 13.6. The lowest BCUT2D eigenvalue weighted by Crippen LogP contribution is -2.37. The molecule has 9 nitrogen and oxygen atoms in total. The molecular formula is C28H34ClF2N7O2. The van der Waals surface area contributed by atoms with Crippen LogP contribution in [-0.4, -0.2) is 74.3 Å². The average molecular weight is 574 g/mol. The second-order valence-corrected chi connectivity index (χ2v) is 11.3. The molecule has 214 valence electrons. The topological polar surface area (TPSA) is 99.4 Å². The molecule has 6 rings (SSSR count). The van der Waals surface area contributed by atoms with Gasteiger partial charge in [-0.05, 0) is 51.3 Å². The van der Waals surface area contributed by atoms with E-state index in [1.54, 1.807) is 6.07 Å². The number of aliphatic hydroxyl groups is 1. The number of fused-ring (bicyclic) bond motifs is 1. The lowest BCUT2D eigenvalue weighted by Gasteiger charge is -2.34. The number of nitrogens with zero attached hydrogens (tertiary/aromatic N) is 6. The van der Waals surface area contributed by atoms with Crippen molar-refractivity contribution in [1.82, 2.24) is 24.4 Å². The normalized spacial score (nSPS) is 20.9. The first kappa shape index (κ1) is 28.4. The number of anilines is 2. The van der Waals surface area contributed by atoms with Crippen molar-refractivity contribution < 1.29 is 18.7 Å². The summed E-state index contributed by atoms with van der Waals surface area (Å²) < 4.78 is 29.7. The number of carbonyl (C=O) groups is 1. The summed E-state index contributed by atoms with van der Waals surface area (Å²) in [5.74, 6) is 0.625. The molecule has 2 N–H and O–H groups in total. The minimum atomic E-state index is -0.892. The zero-order valence-electron chi connectivity index (χ0n) is 22.6. The molecule has 0 aliphatic carbocycles. The fourth-order valence-corrected chi connectivity index (χ4v) is 6.01. The molecule has 0 saturated carbocycles. The molecule has 2 aromatic heterocycles. The minimum absolute atomic E-state index is 0. The van der Waals surface area contributed by atoms with Crippen molar-refractivity contribution in [2.75, 3.05) is 42.9 Å². The number of likely N-dealkylation sites (tertiary alicyclic amines) is 1. The zero-order chi connectivity index (χ0) is 27.3. The van der Waals surface area contributed by atoms with Gasteiger partial charge in [-0.1, -0.05) is 0 Å². The van der Waals surface area contributed by atoms with Crippen LogP contribution in [0.4, 0.5) is 20.4 Å². The number of hydrogen-bond donors (Lipinski definition) is 2. The van der Waals surface area contributed by atoms with Crippen molar-refractivity contribution in [1.29, 1.82) is 0 Å². The highest BCUT2D eigenvalue weighted by molar-refractivity contribution is 6.06. The van der Waals surface area contributed by atoms with Crippen LogP contribution in [0.3, 0.4) is 0 Å². The maximum atomic E-state index is 14.0. The number of nitrogens with one attached hydrogen (secondary N) is 1. The summed E-state index contributed by atoms with van der Waals surface area (Å²) in [6.07, 6.45) is 5.58. The molecule has 0 radical (unpaired) electrons. The van der Waals surface area contributed by atoms with Gasteiger partial charge in [0.05, 0.1) is 22.8 Å². The van der Waals surface area contributed by atoms with Crippen molar-refractivity contribution in [3.63, 3.8) is 0 Å². The smallest absolute Gasteiger partial charge is 0.235 e. The lowest BCUT2D eigenvalue weighted by atomic mass is 9.86. The van der Waals surface area contributed by atoms with Crippen LogP contribution < -0.4 is 10.2 Å². The first-order valence-electron chi connectivity index (χ1n) is 13.6. The highest BCUT2D eigenvalue weighted by atomic mass is 35.5. The molecule has 2 fully saturated rings. The van der Waals surface area contributed by atoms with Gasteiger partial charge in [-0.15, -0.1) is 12.4 Å². The summed E-state index contributed by atoms with van der Waals surface area (Å²) in [4.78, 5) is 30.8. The van der Waals surface area contributed by atoms with Gasteiger partial charge in [0.1, 0.15) is 23.8 Å². The van der Waals surface area contributed by atoms with Crippen LogP contribution in [-0.2, 0) is 16.8 Å². The molecule has 12 heteroatoms. The van der Waals surface area contributed by atoms with Gasteiger partial charge in [-0.2, -0.15) is 0 Å². The number of carbonyl (C=O) groups excluding carboxylic acids is 1. The van der Waals surface area contributed by atoms with Crippen LogP contribution >= 0.6 is 12.4 Å². The quantitative estimate of drug-likeness (QED) is 0.464. The lowest BCUT2D eigenvalue weighted by molar-refractivity contribution is -0.119. The van der Waals surface area contributed by atoms with Crippen LogP contribution in [0.1, 0.15) is 50.4 Å². The fourth-order valence-electron chi connectivity index (χ4n) is 6.01. The van der Waals surface area contributed by atoms with Crippen LogP contribution in [0.2, 0.25) is 0 Å². The van der Waals surface area contributed by atoms with E-state index in [1.807, 2.05) is 20.0 Å². The Morgan fingerprint density at radius 2 is 1.85 bits per heavy atom. The summed E-state index contributed by atoms with van der Waals surface area (Å²) in [5, 5.41) is 12.8. The third kappa shape index (κ3) is 5.17. The summed E-state index contributed by atoms with van der Waals surface area (Å²) in [6.45, 7) is 8.26. The number of aromatic nitrogens is 4. The van der Waals surface area contributed by atoms with Crippen molar-refractivity contribution in [3.05, 3.63) is 53.7 Å². The molecule has 1 aromatic carbocycles. The van der Waals surface area contributed by atoms with E-state index in [4.69, 9.17) is 4.98 Å². The van der Waals surface area contributed by atoms with Gasteiger partial charge in [0.25, 0.3) is 0 Å². The van der Waals surface area contributed by atoms with Crippen molar-refractivity contribution in [2.24, 2.45) is 0 Å². The van der Waals surface area contributed by atoms with Gasteiger partial charge in [0.2, 0.25) is 5.91 Å². The number of rotatable bonds is 6. The molecule has 0 spiro atoms. The maximum absolute atomic E-state index is 14.0. The molecule has 5 heterocycles. The standard InChI is InChI=1S/C28H33F2N7O2.ClH/c1-28(2)23-24(34-27(28)39)31-16-32-26(23)36-9-5-17(6-10-36)25-33-22(18-3-4-20(29)21(30)13-18)15-37(25)12-11-35-8-7-19(38)14-35;/h3-4,13,15-17,19,38H,5-12,14H2,1-2H3,(H,31,32,34,39);1H. The Hall–Kier alpha value is -3.15. The second kappa shape index (κ2) is 11.0. The maximum Gasteiger partial charge on any atom is 0.235 e. The summed E-state index contributed by atoms with van der Waals surface area (Å²) >= 11 is 0. The number of amides is 1. The van der Waals surface area contributed by atoms with Gasteiger partial charge in [0.15, 0.2) is 11.6 Å². The Bertz CT molecular complexity index is 1410. The zero-order valence-corrected chi connectivity index (χ0v) is 23.4. The minimum Gasteiger partial charge on any atom is -0.392 e. The monoisotopic (exact) mass is 573 g/mol. The SMILES string of the molecule is CC1(C)C(=O)Nc2ncnc(N3CCC(c4nc(-c5ccc(F)c(F)c5)cn4CCN4CCC(O)C4)CC3)c21.Cl. The number of benzene rings is 1. The van der Waals surface area contributed by atoms with Crippen LogP contribution in [0.25, 0.3) is 11.3 Å². The third-order valence-corrected chi connectivity index (χ3v) is 8.34. The third-order valence-electron chi connectivity index (χ3n) is 8.34. The van der Waals surface area contributed by atoms with E-state index < -0.39 is 17.0 Å². The predicted octanol–water partition coefficient (Wildman–Crippen LogP) is 3.72. The number of halogens is 3. The van der Waals surface area contributed by atoms with Crippen molar-refractivity contribution in [2.45, 2.75) is 57.1 Å². The number of hydrogen-bond acceptors (Lipinski definition) is 7. The molecule has 40 heavy (non-hydrogen) atoms. The van der Waals surface area contributed by atoms with E-state index in [9.17, 15) is 18.7 Å². The Morgan fingerprint density at radius 1 is 1.07 bits per heavy atom. The molecule has 0 bridgehead atoms. The van der Waals surface area contributed by atoms with E-state index >= 15 is 0 Å². The number of piperidine rings is 1. The number of β-amino-alcohol motifs (C(OH)–C–C–N with tert-alkyl or cyclic N) is 1. The summed E-state index contributed by atoms with van der Waals surface area (Å²) in [6, 6.07) is 3.88. The molecule has 2 saturated heterocycles. The van der Waals surface area contributed by atoms with Gasteiger partial charge < -0.3 is 19.9 Å². The average Bonchev–Trinajstić information content (AvgIpc) is 3.60. The van der Waals surface area contributed by atoms with E-state index in [1.165, 1.54) is 12.4 Å². The Morgan fingerprint density at radius 3 is 2.55 bits per heavy atom.